The molecule has 1 heterocycles. The molecule has 152 valence electrons. The van der Waals surface area contributed by atoms with Crippen LogP contribution in [0.1, 0.15) is 28.4 Å². The van der Waals surface area contributed by atoms with E-state index >= 15 is 0 Å². The SMILES string of the molecule is COC[C@H](C)Oc1cc(CCc2ccc(N)cc2)cc(C(=O)Nc2nccs2)c1. The number of nitrogens with one attached hydrogen (secondary N) is 1. The number of aryl methyl sites for hydroxylation is 2. The maximum Gasteiger partial charge on any atom is 0.257 e. The van der Waals surface area contributed by atoms with Crippen molar-refractivity contribution in [1.82, 2.24) is 4.98 Å². The number of anilines is 2. The van der Waals surface area contributed by atoms with Gasteiger partial charge in [-0.2, -0.15) is 0 Å². The Hall–Kier alpha value is -2.90. The van der Waals surface area contributed by atoms with Crippen molar-refractivity contribution >= 4 is 28.1 Å². The van der Waals surface area contributed by atoms with Crippen molar-refractivity contribution in [3.05, 3.63) is 70.7 Å². The lowest BCUT2D eigenvalue weighted by Crippen LogP contribution is -2.19. The minimum atomic E-state index is -0.210. The maximum absolute atomic E-state index is 12.7. The molecule has 2 aromatic carbocycles. The fourth-order valence-electron chi connectivity index (χ4n) is 2.93. The summed E-state index contributed by atoms with van der Waals surface area (Å²) in [5.41, 5.74) is 9.25. The van der Waals surface area contributed by atoms with Gasteiger partial charge in [-0.15, -0.1) is 11.3 Å². The molecule has 0 fully saturated rings. The zero-order valence-electron chi connectivity index (χ0n) is 16.6. The number of ether oxygens (including phenoxy) is 2. The Bertz CT molecular complexity index is 927. The first-order valence-corrected chi connectivity index (χ1v) is 10.3. The number of methoxy groups -OCH3 is 1. The van der Waals surface area contributed by atoms with Crippen LogP contribution < -0.4 is 15.8 Å². The van der Waals surface area contributed by atoms with Gasteiger partial charge in [0.2, 0.25) is 0 Å². The smallest absolute Gasteiger partial charge is 0.257 e. The lowest BCUT2D eigenvalue weighted by Gasteiger charge is -2.16. The molecule has 1 amide bonds. The number of thiazole rings is 1. The van der Waals surface area contributed by atoms with Gasteiger partial charge in [-0.25, -0.2) is 4.98 Å². The van der Waals surface area contributed by atoms with E-state index in [4.69, 9.17) is 15.2 Å². The van der Waals surface area contributed by atoms with Crippen LogP contribution in [0.15, 0.2) is 54.0 Å². The molecule has 0 saturated carbocycles. The summed E-state index contributed by atoms with van der Waals surface area (Å²) in [5.74, 6) is 0.437. The lowest BCUT2D eigenvalue weighted by atomic mass is 10.0. The molecule has 3 aromatic rings. The van der Waals surface area contributed by atoms with Gasteiger partial charge >= 0.3 is 0 Å². The summed E-state index contributed by atoms with van der Waals surface area (Å²) >= 11 is 1.38. The molecular weight excluding hydrogens is 386 g/mol. The van der Waals surface area contributed by atoms with Crippen LogP contribution in [0.2, 0.25) is 0 Å². The molecule has 1 atom stereocenters. The fourth-order valence-corrected chi connectivity index (χ4v) is 3.46. The predicted molar refractivity (Wildman–Crippen MR) is 117 cm³/mol. The van der Waals surface area contributed by atoms with Crippen molar-refractivity contribution in [2.75, 3.05) is 24.8 Å². The second-order valence-electron chi connectivity index (χ2n) is 6.78. The highest BCUT2D eigenvalue weighted by molar-refractivity contribution is 7.13. The van der Waals surface area contributed by atoms with Crippen LogP contribution in [0, 0.1) is 0 Å². The third kappa shape index (κ3) is 6.30. The summed E-state index contributed by atoms with van der Waals surface area (Å²) in [7, 11) is 1.63. The standard InChI is InChI=1S/C22H25N3O3S/c1-15(14-27-2)28-20-12-17(4-3-16-5-7-19(23)8-6-16)11-18(13-20)21(26)25-22-24-9-10-29-22/h5-13,15H,3-4,14,23H2,1-2H3,(H,24,25,26)/t15-/m0/s1. The summed E-state index contributed by atoms with van der Waals surface area (Å²) in [6, 6.07) is 13.5. The predicted octanol–water partition coefficient (Wildman–Crippen LogP) is 4.18. The van der Waals surface area contributed by atoms with Crippen LogP contribution in [0.3, 0.4) is 0 Å². The Morgan fingerprint density at radius 1 is 1.17 bits per heavy atom. The topological polar surface area (TPSA) is 86.5 Å². The second kappa shape index (κ2) is 10.0. The number of benzene rings is 2. The minimum absolute atomic E-state index is 0.123. The van der Waals surface area contributed by atoms with Crippen molar-refractivity contribution in [3.8, 4) is 5.75 Å². The Balaban J connectivity index is 1.79. The molecule has 0 spiro atoms. The van der Waals surface area contributed by atoms with E-state index in [9.17, 15) is 4.79 Å². The van der Waals surface area contributed by atoms with E-state index in [0.29, 0.717) is 23.1 Å². The largest absolute Gasteiger partial charge is 0.488 e. The number of nitrogen functional groups attached to an aromatic ring is 1. The summed E-state index contributed by atoms with van der Waals surface area (Å²) in [5, 5.41) is 5.21. The molecule has 29 heavy (non-hydrogen) atoms. The molecule has 7 heteroatoms. The minimum Gasteiger partial charge on any atom is -0.488 e. The number of hydrogen-bond donors (Lipinski definition) is 2. The Labute approximate surface area is 174 Å². The number of carbonyl (C=O) groups excluding carboxylic acids is 1. The van der Waals surface area contributed by atoms with Crippen LogP contribution in [-0.4, -0.2) is 30.7 Å². The fraction of sp³-hybridized carbons (Fsp3) is 0.273. The van der Waals surface area contributed by atoms with Gasteiger partial charge in [-0.1, -0.05) is 12.1 Å². The Morgan fingerprint density at radius 3 is 2.62 bits per heavy atom. The number of aromatic nitrogens is 1. The van der Waals surface area contributed by atoms with Gasteiger partial charge < -0.3 is 15.2 Å². The highest BCUT2D eigenvalue weighted by Gasteiger charge is 2.13. The number of nitrogens with two attached hydrogens (primary N) is 1. The molecule has 3 rings (SSSR count). The van der Waals surface area contributed by atoms with E-state index in [1.165, 1.54) is 16.9 Å². The number of hydrogen-bond acceptors (Lipinski definition) is 6. The Morgan fingerprint density at radius 2 is 1.93 bits per heavy atom. The molecule has 3 N–H and O–H groups in total. The van der Waals surface area contributed by atoms with Gasteiger partial charge in [0.25, 0.3) is 5.91 Å². The quantitative estimate of drug-likeness (QED) is 0.516. The second-order valence-corrected chi connectivity index (χ2v) is 7.68. The number of nitrogens with zero attached hydrogens (tertiary/aromatic N) is 1. The van der Waals surface area contributed by atoms with Crippen LogP contribution in [0.4, 0.5) is 10.8 Å². The third-order valence-corrected chi connectivity index (χ3v) is 4.99. The molecule has 0 saturated heterocycles. The number of amides is 1. The third-order valence-electron chi connectivity index (χ3n) is 4.30. The summed E-state index contributed by atoms with van der Waals surface area (Å²) < 4.78 is 11.1. The van der Waals surface area contributed by atoms with E-state index in [1.807, 2.05) is 48.7 Å². The van der Waals surface area contributed by atoms with E-state index in [0.717, 1.165) is 24.1 Å². The maximum atomic E-state index is 12.7. The monoisotopic (exact) mass is 411 g/mol. The van der Waals surface area contributed by atoms with Crippen LogP contribution in [0.25, 0.3) is 0 Å². The molecule has 1 aromatic heterocycles. The average molecular weight is 412 g/mol. The molecule has 0 aliphatic rings. The van der Waals surface area contributed by atoms with Crippen molar-refractivity contribution in [3.63, 3.8) is 0 Å². The molecule has 6 nitrogen and oxygen atoms in total. The van der Waals surface area contributed by atoms with Gasteiger partial charge in [0.1, 0.15) is 11.9 Å². The lowest BCUT2D eigenvalue weighted by molar-refractivity contribution is 0.0916. The molecule has 0 aliphatic heterocycles. The van der Waals surface area contributed by atoms with E-state index in [-0.39, 0.29) is 12.0 Å². The Kier molecular flexibility index (Phi) is 7.21. The summed E-state index contributed by atoms with van der Waals surface area (Å²) in [6.45, 7) is 2.40. The van der Waals surface area contributed by atoms with Crippen molar-refractivity contribution in [1.29, 1.82) is 0 Å². The van der Waals surface area contributed by atoms with Gasteiger partial charge in [0.05, 0.1) is 6.61 Å². The number of carbonyl (C=O) groups is 1. The van der Waals surface area contributed by atoms with Gasteiger partial charge in [-0.3, -0.25) is 10.1 Å². The van der Waals surface area contributed by atoms with Crippen molar-refractivity contribution in [2.45, 2.75) is 25.9 Å². The molecule has 0 radical (unpaired) electrons. The van der Waals surface area contributed by atoms with Crippen molar-refractivity contribution < 1.29 is 14.3 Å². The zero-order valence-corrected chi connectivity index (χ0v) is 17.4. The van der Waals surface area contributed by atoms with Crippen LogP contribution >= 0.6 is 11.3 Å². The summed E-state index contributed by atoms with van der Waals surface area (Å²) in [6.07, 6.45) is 3.15. The average Bonchev–Trinajstić information content (AvgIpc) is 3.20. The molecule has 0 bridgehead atoms. The zero-order chi connectivity index (χ0) is 20.6. The molecule has 0 unspecified atom stereocenters. The van der Waals surface area contributed by atoms with Gasteiger partial charge in [0.15, 0.2) is 5.13 Å². The first kappa shape index (κ1) is 20.8. The molecule has 0 aliphatic carbocycles. The van der Waals surface area contributed by atoms with Gasteiger partial charge in [0, 0.05) is 29.9 Å². The van der Waals surface area contributed by atoms with Gasteiger partial charge in [-0.05, 0) is 61.2 Å². The van der Waals surface area contributed by atoms with Crippen LogP contribution in [-0.2, 0) is 17.6 Å². The van der Waals surface area contributed by atoms with Crippen LogP contribution in [0.5, 0.6) is 5.75 Å². The highest BCUT2D eigenvalue weighted by atomic mass is 32.1. The van der Waals surface area contributed by atoms with E-state index in [2.05, 4.69) is 10.3 Å². The van der Waals surface area contributed by atoms with E-state index < -0.39 is 0 Å². The van der Waals surface area contributed by atoms with E-state index in [1.54, 1.807) is 19.4 Å². The number of rotatable bonds is 9. The van der Waals surface area contributed by atoms with Crippen molar-refractivity contribution in [2.24, 2.45) is 0 Å². The molecular formula is C22H25N3O3S. The first-order chi connectivity index (χ1) is 14.0. The first-order valence-electron chi connectivity index (χ1n) is 9.38. The highest BCUT2D eigenvalue weighted by Crippen LogP contribution is 2.22. The normalized spacial score (nSPS) is 11.8. The summed E-state index contributed by atoms with van der Waals surface area (Å²) in [4.78, 5) is 16.8.